The molecule has 0 heterocycles. The zero-order chi connectivity index (χ0) is 10.1. The van der Waals surface area contributed by atoms with E-state index in [-0.39, 0.29) is 0 Å². The van der Waals surface area contributed by atoms with Crippen LogP contribution in [0.2, 0.25) is 0 Å². The van der Waals surface area contributed by atoms with Crippen LogP contribution >= 0.6 is 0 Å². The molecule has 0 aromatic carbocycles. The summed E-state index contributed by atoms with van der Waals surface area (Å²) in [4.78, 5) is 0. The topological polar surface area (TPSA) is 0 Å². The van der Waals surface area contributed by atoms with Crippen LogP contribution in [0.3, 0.4) is 0 Å². The van der Waals surface area contributed by atoms with Gasteiger partial charge in [-0.3, -0.25) is 0 Å². The second-order valence-corrected chi connectivity index (χ2v) is 5.20. The molecule has 0 amide bonds. The standard InChI is InChI=1S/C13H22/c1-10(2)9-12-11(3)7-6-8-13(12,4)5/h7,9,12H,6,8H2,1-5H3. The first-order chi connectivity index (χ1) is 5.93. The smallest absolute Gasteiger partial charge is 0.00278 e. The molecule has 13 heavy (non-hydrogen) atoms. The average molecular weight is 178 g/mol. The van der Waals surface area contributed by atoms with Crippen LogP contribution in [0.4, 0.5) is 0 Å². The van der Waals surface area contributed by atoms with E-state index >= 15 is 0 Å². The second kappa shape index (κ2) is 3.69. The summed E-state index contributed by atoms with van der Waals surface area (Å²) >= 11 is 0. The van der Waals surface area contributed by atoms with Crippen LogP contribution in [0.5, 0.6) is 0 Å². The lowest BCUT2D eigenvalue weighted by molar-refractivity contribution is 0.255. The van der Waals surface area contributed by atoms with Crippen molar-refractivity contribution in [2.45, 2.75) is 47.5 Å². The monoisotopic (exact) mass is 178 g/mol. The molecule has 0 nitrogen and oxygen atoms in total. The molecule has 0 bridgehead atoms. The van der Waals surface area contributed by atoms with Gasteiger partial charge in [-0.15, -0.1) is 0 Å². The Labute approximate surface area is 82.7 Å². The minimum atomic E-state index is 0.454. The van der Waals surface area contributed by atoms with Crippen molar-refractivity contribution in [1.82, 2.24) is 0 Å². The lowest BCUT2D eigenvalue weighted by atomic mass is 9.68. The first kappa shape index (κ1) is 10.6. The number of rotatable bonds is 1. The molecule has 0 N–H and O–H groups in total. The van der Waals surface area contributed by atoms with E-state index in [1.165, 1.54) is 18.4 Å². The van der Waals surface area contributed by atoms with Crippen molar-refractivity contribution < 1.29 is 0 Å². The van der Waals surface area contributed by atoms with Crippen molar-refractivity contribution in [3.05, 3.63) is 23.3 Å². The fourth-order valence-electron chi connectivity index (χ4n) is 2.26. The molecule has 1 unspecified atom stereocenters. The van der Waals surface area contributed by atoms with Crippen LogP contribution in [-0.2, 0) is 0 Å². The van der Waals surface area contributed by atoms with E-state index in [9.17, 15) is 0 Å². The van der Waals surface area contributed by atoms with Gasteiger partial charge in [-0.25, -0.2) is 0 Å². The Balaban J connectivity index is 2.94. The summed E-state index contributed by atoms with van der Waals surface area (Å²) in [5.41, 5.74) is 3.45. The summed E-state index contributed by atoms with van der Waals surface area (Å²) in [6.07, 6.45) is 7.39. The number of hydrogen-bond acceptors (Lipinski definition) is 0. The first-order valence-corrected chi connectivity index (χ1v) is 5.25. The van der Waals surface area contributed by atoms with E-state index in [0.29, 0.717) is 11.3 Å². The Bertz CT molecular complexity index is 237. The van der Waals surface area contributed by atoms with Gasteiger partial charge in [0.05, 0.1) is 0 Å². The lowest BCUT2D eigenvalue weighted by Gasteiger charge is -2.37. The molecule has 0 saturated carbocycles. The quantitative estimate of drug-likeness (QED) is 0.524. The van der Waals surface area contributed by atoms with Crippen molar-refractivity contribution in [3.63, 3.8) is 0 Å². The highest BCUT2D eigenvalue weighted by Crippen LogP contribution is 2.41. The Morgan fingerprint density at radius 1 is 1.46 bits per heavy atom. The summed E-state index contributed by atoms with van der Waals surface area (Å²) in [6, 6.07) is 0. The molecule has 1 atom stereocenters. The highest BCUT2D eigenvalue weighted by molar-refractivity contribution is 5.20. The largest absolute Gasteiger partial charge is 0.0850 e. The Morgan fingerprint density at radius 3 is 2.54 bits per heavy atom. The molecule has 1 rings (SSSR count). The van der Waals surface area contributed by atoms with Gasteiger partial charge in [0.1, 0.15) is 0 Å². The number of hydrogen-bond donors (Lipinski definition) is 0. The lowest BCUT2D eigenvalue weighted by Crippen LogP contribution is -2.26. The van der Waals surface area contributed by atoms with Crippen molar-refractivity contribution in [1.29, 1.82) is 0 Å². The summed E-state index contributed by atoms with van der Waals surface area (Å²) < 4.78 is 0. The predicted octanol–water partition coefficient (Wildman–Crippen LogP) is 4.34. The number of allylic oxidation sites excluding steroid dienone is 4. The van der Waals surface area contributed by atoms with Gasteiger partial charge in [-0.2, -0.15) is 0 Å². The minimum absolute atomic E-state index is 0.454. The van der Waals surface area contributed by atoms with E-state index in [2.05, 4.69) is 46.8 Å². The molecular weight excluding hydrogens is 156 g/mol. The molecule has 1 aliphatic carbocycles. The minimum Gasteiger partial charge on any atom is -0.0850 e. The fourth-order valence-corrected chi connectivity index (χ4v) is 2.26. The molecule has 0 aromatic heterocycles. The van der Waals surface area contributed by atoms with Gasteiger partial charge in [-0.1, -0.05) is 37.1 Å². The van der Waals surface area contributed by atoms with Crippen LogP contribution in [0.1, 0.15) is 47.5 Å². The van der Waals surface area contributed by atoms with Crippen molar-refractivity contribution in [2.24, 2.45) is 11.3 Å². The third-order valence-electron chi connectivity index (χ3n) is 3.09. The highest BCUT2D eigenvalue weighted by Gasteiger charge is 2.30. The van der Waals surface area contributed by atoms with E-state index in [1.807, 2.05) is 0 Å². The normalized spacial score (nSPS) is 26.5. The van der Waals surface area contributed by atoms with Crippen LogP contribution in [0.25, 0.3) is 0 Å². The van der Waals surface area contributed by atoms with Crippen molar-refractivity contribution in [3.8, 4) is 0 Å². The van der Waals surface area contributed by atoms with Crippen LogP contribution in [-0.4, -0.2) is 0 Å². The Hall–Kier alpha value is -0.520. The van der Waals surface area contributed by atoms with Gasteiger partial charge in [0, 0.05) is 5.92 Å². The SMILES string of the molecule is CC(C)=CC1C(C)=CCCC1(C)C. The maximum absolute atomic E-state index is 2.42. The van der Waals surface area contributed by atoms with E-state index in [4.69, 9.17) is 0 Å². The van der Waals surface area contributed by atoms with Gasteiger partial charge < -0.3 is 0 Å². The maximum Gasteiger partial charge on any atom is 0.00278 e. The summed E-state index contributed by atoms with van der Waals surface area (Å²) in [5, 5.41) is 0. The van der Waals surface area contributed by atoms with Crippen LogP contribution in [0, 0.1) is 11.3 Å². The summed E-state index contributed by atoms with van der Waals surface area (Å²) in [7, 11) is 0. The molecule has 0 fully saturated rings. The Kier molecular flexibility index (Phi) is 3.00. The Morgan fingerprint density at radius 2 is 2.08 bits per heavy atom. The first-order valence-electron chi connectivity index (χ1n) is 5.25. The van der Waals surface area contributed by atoms with Crippen LogP contribution < -0.4 is 0 Å². The molecule has 0 heteroatoms. The van der Waals surface area contributed by atoms with Crippen molar-refractivity contribution in [2.75, 3.05) is 0 Å². The zero-order valence-corrected chi connectivity index (χ0v) is 9.65. The molecule has 0 aliphatic heterocycles. The second-order valence-electron chi connectivity index (χ2n) is 5.20. The van der Waals surface area contributed by atoms with Crippen molar-refractivity contribution >= 4 is 0 Å². The fraction of sp³-hybridized carbons (Fsp3) is 0.692. The predicted molar refractivity (Wildman–Crippen MR) is 59.7 cm³/mol. The third kappa shape index (κ3) is 2.46. The molecule has 0 saturated heterocycles. The van der Waals surface area contributed by atoms with E-state index < -0.39 is 0 Å². The van der Waals surface area contributed by atoms with Gasteiger partial charge >= 0.3 is 0 Å². The van der Waals surface area contributed by atoms with Gasteiger partial charge in [0.2, 0.25) is 0 Å². The molecule has 0 spiro atoms. The van der Waals surface area contributed by atoms with Gasteiger partial charge in [0.15, 0.2) is 0 Å². The maximum atomic E-state index is 2.42. The highest BCUT2D eigenvalue weighted by atomic mass is 14.3. The molecule has 1 aliphatic rings. The molecule has 0 aromatic rings. The van der Waals surface area contributed by atoms with Gasteiger partial charge in [0.25, 0.3) is 0 Å². The third-order valence-corrected chi connectivity index (χ3v) is 3.09. The van der Waals surface area contributed by atoms with Gasteiger partial charge in [-0.05, 0) is 39.0 Å². The summed E-state index contributed by atoms with van der Waals surface area (Å²) in [6.45, 7) is 11.4. The van der Waals surface area contributed by atoms with Crippen LogP contribution in [0.15, 0.2) is 23.3 Å². The molecule has 74 valence electrons. The summed E-state index contributed by atoms with van der Waals surface area (Å²) in [5.74, 6) is 0.659. The van der Waals surface area contributed by atoms with E-state index in [1.54, 1.807) is 5.57 Å². The molecular formula is C13H22. The van der Waals surface area contributed by atoms with E-state index in [0.717, 1.165) is 0 Å². The average Bonchev–Trinajstić information content (AvgIpc) is 1.96. The molecule has 0 radical (unpaired) electrons. The zero-order valence-electron chi connectivity index (χ0n) is 9.65.